The lowest BCUT2D eigenvalue weighted by Gasteiger charge is -2.14. The topological polar surface area (TPSA) is 144 Å². The summed E-state index contributed by atoms with van der Waals surface area (Å²) in [5.74, 6) is 0.263. The van der Waals surface area contributed by atoms with Crippen molar-refractivity contribution in [2.24, 2.45) is 5.92 Å². The fourth-order valence-electron chi connectivity index (χ4n) is 3.31. The quantitative estimate of drug-likeness (QED) is 0.443. The van der Waals surface area contributed by atoms with Crippen LogP contribution in [0.15, 0.2) is 35.6 Å². The van der Waals surface area contributed by atoms with E-state index < -0.39 is 5.69 Å². The molecule has 3 aromatic rings. The first-order chi connectivity index (χ1) is 14.8. The second-order valence-electron chi connectivity index (χ2n) is 7.07. The highest BCUT2D eigenvalue weighted by Crippen LogP contribution is 2.29. The molecule has 3 heterocycles. The monoisotopic (exact) mass is 427 g/mol. The lowest BCUT2D eigenvalue weighted by molar-refractivity contribution is 0.348. The van der Waals surface area contributed by atoms with E-state index in [4.69, 9.17) is 20.3 Å². The SMILES string of the molecule is COc1ccnc(Cn2cc(O)n(-c3cnn(CC(C(C)=N)C(C)=N)c3)c2=O)c1OC. The van der Waals surface area contributed by atoms with Gasteiger partial charge in [-0.05, 0) is 13.8 Å². The third-order valence-electron chi connectivity index (χ3n) is 4.92. The van der Waals surface area contributed by atoms with Crippen LogP contribution in [0.4, 0.5) is 0 Å². The number of nitrogens with zero attached hydrogens (tertiary/aromatic N) is 5. The molecule has 0 saturated heterocycles. The molecule has 0 bridgehead atoms. The summed E-state index contributed by atoms with van der Waals surface area (Å²) in [5.41, 5.74) is 1.08. The van der Waals surface area contributed by atoms with Gasteiger partial charge in [-0.1, -0.05) is 0 Å². The first-order valence-electron chi connectivity index (χ1n) is 9.46. The number of aromatic nitrogens is 5. The molecular formula is C20H25N7O4. The van der Waals surface area contributed by atoms with E-state index >= 15 is 0 Å². The van der Waals surface area contributed by atoms with E-state index in [0.717, 1.165) is 4.57 Å². The fourth-order valence-corrected chi connectivity index (χ4v) is 3.31. The molecule has 31 heavy (non-hydrogen) atoms. The van der Waals surface area contributed by atoms with Crippen molar-refractivity contribution < 1.29 is 14.6 Å². The normalized spacial score (nSPS) is 11.9. The van der Waals surface area contributed by atoms with Crippen LogP contribution in [-0.4, -0.2) is 54.6 Å². The Hall–Kier alpha value is -3.89. The third kappa shape index (κ3) is 4.34. The van der Waals surface area contributed by atoms with E-state index in [2.05, 4.69) is 10.1 Å². The zero-order valence-corrected chi connectivity index (χ0v) is 17.8. The van der Waals surface area contributed by atoms with Gasteiger partial charge < -0.3 is 25.4 Å². The van der Waals surface area contributed by atoms with Crippen molar-refractivity contribution in [3.8, 4) is 23.1 Å². The van der Waals surface area contributed by atoms with Crippen LogP contribution in [0, 0.1) is 16.7 Å². The number of aromatic hydroxyl groups is 1. The minimum absolute atomic E-state index is 0.0654. The van der Waals surface area contributed by atoms with Gasteiger partial charge in [-0.2, -0.15) is 5.10 Å². The minimum atomic E-state index is -0.480. The van der Waals surface area contributed by atoms with Gasteiger partial charge in [0.25, 0.3) is 0 Å². The van der Waals surface area contributed by atoms with Crippen molar-refractivity contribution in [1.82, 2.24) is 23.9 Å². The molecule has 0 radical (unpaired) electrons. The highest BCUT2D eigenvalue weighted by atomic mass is 16.5. The molecule has 0 aromatic carbocycles. The number of nitrogens with one attached hydrogen (secondary N) is 2. The van der Waals surface area contributed by atoms with E-state index in [1.807, 2.05) is 0 Å². The Morgan fingerprint density at radius 3 is 2.52 bits per heavy atom. The Labute approximate surface area is 178 Å². The molecule has 0 aliphatic carbocycles. The van der Waals surface area contributed by atoms with Crippen molar-refractivity contribution in [3.05, 3.63) is 47.0 Å². The van der Waals surface area contributed by atoms with Crippen LogP contribution in [-0.2, 0) is 13.1 Å². The van der Waals surface area contributed by atoms with E-state index in [9.17, 15) is 9.90 Å². The Balaban J connectivity index is 1.92. The predicted octanol–water partition coefficient (Wildman–Crippen LogP) is 1.70. The summed E-state index contributed by atoms with van der Waals surface area (Å²) < 4.78 is 14.6. The van der Waals surface area contributed by atoms with Crippen molar-refractivity contribution >= 4 is 11.4 Å². The maximum atomic E-state index is 13.0. The minimum Gasteiger partial charge on any atom is -0.493 e. The average Bonchev–Trinajstić information content (AvgIpc) is 3.29. The van der Waals surface area contributed by atoms with Gasteiger partial charge in [-0.25, -0.2) is 9.36 Å². The molecule has 0 amide bonds. The molecule has 11 heteroatoms. The maximum Gasteiger partial charge on any atom is 0.336 e. The van der Waals surface area contributed by atoms with Gasteiger partial charge in [0.2, 0.25) is 5.88 Å². The molecule has 0 fully saturated rings. The zero-order valence-electron chi connectivity index (χ0n) is 17.8. The predicted molar refractivity (Wildman–Crippen MR) is 114 cm³/mol. The average molecular weight is 427 g/mol. The highest BCUT2D eigenvalue weighted by Gasteiger charge is 2.19. The van der Waals surface area contributed by atoms with Crippen molar-refractivity contribution in [3.63, 3.8) is 0 Å². The largest absolute Gasteiger partial charge is 0.493 e. The number of methoxy groups -OCH3 is 2. The van der Waals surface area contributed by atoms with Gasteiger partial charge in [0.15, 0.2) is 11.5 Å². The number of imidazole rings is 1. The van der Waals surface area contributed by atoms with Gasteiger partial charge in [-0.3, -0.25) is 14.2 Å². The van der Waals surface area contributed by atoms with Gasteiger partial charge in [0.1, 0.15) is 5.69 Å². The Kier molecular flexibility index (Phi) is 6.23. The van der Waals surface area contributed by atoms with Crippen LogP contribution >= 0.6 is 0 Å². The first-order valence-corrected chi connectivity index (χ1v) is 9.46. The van der Waals surface area contributed by atoms with Crippen LogP contribution in [0.3, 0.4) is 0 Å². The summed E-state index contributed by atoms with van der Waals surface area (Å²) in [7, 11) is 3.00. The molecule has 11 nitrogen and oxygen atoms in total. The van der Waals surface area contributed by atoms with Crippen LogP contribution < -0.4 is 15.2 Å². The van der Waals surface area contributed by atoms with Crippen LogP contribution in [0.2, 0.25) is 0 Å². The summed E-state index contributed by atoms with van der Waals surface area (Å²) in [6, 6.07) is 1.65. The molecule has 3 aromatic heterocycles. The van der Waals surface area contributed by atoms with E-state index in [0.29, 0.717) is 40.8 Å². The van der Waals surface area contributed by atoms with Crippen molar-refractivity contribution in [1.29, 1.82) is 10.8 Å². The number of pyridine rings is 1. The summed E-state index contributed by atoms with van der Waals surface area (Å²) >= 11 is 0. The second kappa shape index (κ2) is 8.86. The van der Waals surface area contributed by atoms with Gasteiger partial charge >= 0.3 is 5.69 Å². The number of ether oxygens (including phenoxy) is 2. The van der Waals surface area contributed by atoms with Gasteiger partial charge in [0, 0.05) is 29.9 Å². The third-order valence-corrected chi connectivity index (χ3v) is 4.92. The van der Waals surface area contributed by atoms with Gasteiger partial charge in [0.05, 0.1) is 51.3 Å². The Morgan fingerprint density at radius 1 is 1.19 bits per heavy atom. The van der Waals surface area contributed by atoms with E-state index in [1.165, 1.54) is 31.2 Å². The molecule has 0 atom stereocenters. The van der Waals surface area contributed by atoms with E-state index in [-0.39, 0.29) is 18.3 Å². The number of hydrogen-bond acceptors (Lipinski definition) is 8. The van der Waals surface area contributed by atoms with Crippen molar-refractivity contribution in [2.45, 2.75) is 26.9 Å². The van der Waals surface area contributed by atoms with Crippen molar-refractivity contribution in [2.75, 3.05) is 14.2 Å². The summed E-state index contributed by atoms with van der Waals surface area (Å²) in [5, 5.41) is 30.3. The summed E-state index contributed by atoms with van der Waals surface area (Å²) in [4.78, 5) is 17.2. The summed E-state index contributed by atoms with van der Waals surface area (Å²) in [6.45, 7) is 3.65. The molecule has 164 valence electrons. The fraction of sp³-hybridized carbons (Fsp3) is 0.350. The molecule has 0 unspecified atom stereocenters. The molecule has 0 aliphatic heterocycles. The number of rotatable bonds is 9. The Morgan fingerprint density at radius 2 is 1.90 bits per heavy atom. The molecule has 3 rings (SSSR count). The molecule has 0 spiro atoms. The Bertz CT molecular complexity index is 1160. The van der Waals surface area contributed by atoms with Crippen LogP contribution in [0.1, 0.15) is 19.5 Å². The van der Waals surface area contributed by atoms with E-state index in [1.54, 1.807) is 37.0 Å². The first kappa shape index (κ1) is 21.8. The van der Waals surface area contributed by atoms with Crippen LogP contribution in [0.5, 0.6) is 17.4 Å². The smallest absolute Gasteiger partial charge is 0.336 e. The highest BCUT2D eigenvalue weighted by molar-refractivity contribution is 6.02. The molecule has 3 N–H and O–H groups in total. The second-order valence-corrected chi connectivity index (χ2v) is 7.07. The summed E-state index contributed by atoms with van der Waals surface area (Å²) in [6.07, 6.45) is 5.91. The van der Waals surface area contributed by atoms with Crippen LogP contribution in [0.25, 0.3) is 5.69 Å². The molecule has 0 aliphatic rings. The zero-order chi connectivity index (χ0) is 22.7. The molecule has 0 saturated carbocycles. The van der Waals surface area contributed by atoms with Gasteiger partial charge in [-0.15, -0.1) is 0 Å². The standard InChI is InChI=1S/C20H25N7O4/c1-12(21)15(13(2)22)9-26-8-14(7-24-26)27-18(28)11-25(20(27)29)10-16-19(31-4)17(30-3)5-6-23-16/h5-8,11,15,21-22,28H,9-10H2,1-4H3. The number of hydrogen-bond donors (Lipinski definition) is 3. The maximum absolute atomic E-state index is 13.0. The lowest BCUT2D eigenvalue weighted by Crippen LogP contribution is -2.25. The molecular weight excluding hydrogens is 402 g/mol. The lowest BCUT2D eigenvalue weighted by atomic mass is 10.00.